The van der Waals surface area contributed by atoms with Gasteiger partial charge in [-0.2, -0.15) is 0 Å². The van der Waals surface area contributed by atoms with Crippen molar-refractivity contribution >= 4 is 0 Å². The second kappa shape index (κ2) is 4.66. The van der Waals surface area contributed by atoms with Crippen molar-refractivity contribution in [3.05, 3.63) is 0 Å². The first-order chi connectivity index (χ1) is 7.57. The number of nitrogens with two attached hydrogens (primary N) is 1. The van der Waals surface area contributed by atoms with Gasteiger partial charge in [-0.05, 0) is 50.0 Å². The Labute approximate surface area is 101 Å². The highest BCUT2D eigenvalue weighted by Crippen LogP contribution is 2.46. The molecule has 1 atom stereocenters. The van der Waals surface area contributed by atoms with Crippen LogP contribution in [0.1, 0.15) is 46.5 Å². The monoisotopic (exact) mass is 224 g/mol. The van der Waals surface area contributed by atoms with Crippen molar-refractivity contribution in [1.29, 1.82) is 0 Å². The molecule has 2 rings (SSSR count). The highest BCUT2D eigenvalue weighted by atomic mass is 15.2. The molecule has 16 heavy (non-hydrogen) atoms. The minimum absolute atomic E-state index is 0.379. The van der Waals surface area contributed by atoms with Crippen LogP contribution in [0.15, 0.2) is 0 Å². The summed E-state index contributed by atoms with van der Waals surface area (Å²) in [6.07, 6.45) is 5.46. The Morgan fingerprint density at radius 1 is 1.38 bits per heavy atom. The van der Waals surface area contributed by atoms with Crippen molar-refractivity contribution in [2.24, 2.45) is 23.5 Å². The minimum atomic E-state index is 0.379. The van der Waals surface area contributed by atoms with Gasteiger partial charge in [-0.15, -0.1) is 0 Å². The zero-order valence-electron chi connectivity index (χ0n) is 11.2. The molecule has 94 valence electrons. The van der Waals surface area contributed by atoms with Crippen LogP contribution in [0.2, 0.25) is 0 Å². The van der Waals surface area contributed by atoms with Crippen LogP contribution in [-0.4, -0.2) is 30.1 Å². The van der Waals surface area contributed by atoms with Gasteiger partial charge in [-0.25, -0.2) is 0 Å². The standard InChI is InChI=1S/C14H28N2/c1-11(2)13-7-14(8-13,10-15)16-6-4-5-12(3)9-16/h11-13H,4-10,15H2,1-3H3. The minimum Gasteiger partial charge on any atom is -0.329 e. The molecule has 2 aliphatic rings. The third kappa shape index (κ3) is 2.14. The Balaban J connectivity index is 1.95. The van der Waals surface area contributed by atoms with Crippen molar-refractivity contribution in [2.75, 3.05) is 19.6 Å². The van der Waals surface area contributed by atoms with Crippen molar-refractivity contribution in [3.8, 4) is 0 Å². The molecule has 1 unspecified atom stereocenters. The zero-order chi connectivity index (χ0) is 11.8. The summed E-state index contributed by atoms with van der Waals surface area (Å²) in [7, 11) is 0. The van der Waals surface area contributed by atoms with Crippen LogP contribution in [-0.2, 0) is 0 Å². The smallest absolute Gasteiger partial charge is 0.0337 e. The molecule has 1 saturated carbocycles. The molecule has 0 aromatic heterocycles. The van der Waals surface area contributed by atoms with Crippen LogP contribution in [0.4, 0.5) is 0 Å². The molecule has 0 aromatic rings. The molecule has 1 heterocycles. The molecule has 0 bridgehead atoms. The van der Waals surface area contributed by atoms with Gasteiger partial charge in [0.1, 0.15) is 0 Å². The number of hydrogen-bond donors (Lipinski definition) is 1. The Morgan fingerprint density at radius 2 is 2.06 bits per heavy atom. The van der Waals surface area contributed by atoms with Gasteiger partial charge in [-0.3, -0.25) is 4.90 Å². The lowest BCUT2D eigenvalue weighted by atomic mass is 9.62. The molecular formula is C14H28N2. The summed E-state index contributed by atoms with van der Waals surface area (Å²) in [4.78, 5) is 2.71. The molecule has 2 N–H and O–H groups in total. The first-order valence-electron chi connectivity index (χ1n) is 7.02. The van der Waals surface area contributed by atoms with Crippen LogP contribution in [0.3, 0.4) is 0 Å². The average Bonchev–Trinajstić information content (AvgIpc) is 2.16. The molecular weight excluding hydrogens is 196 g/mol. The number of rotatable bonds is 3. The second-order valence-electron chi connectivity index (χ2n) is 6.53. The van der Waals surface area contributed by atoms with E-state index in [-0.39, 0.29) is 0 Å². The predicted octanol–water partition coefficient (Wildman–Crippen LogP) is 2.48. The maximum atomic E-state index is 6.07. The fourth-order valence-electron chi connectivity index (χ4n) is 3.56. The van der Waals surface area contributed by atoms with E-state index in [2.05, 4.69) is 25.7 Å². The number of hydrogen-bond acceptors (Lipinski definition) is 2. The van der Waals surface area contributed by atoms with E-state index in [0.717, 1.165) is 24.3 Å². The van der Waals surface area contributed by atoms with E-state index in [9.17, 15) is 0 Å². The highest BCUT2D eigenvalue weighted by Gasteiger charge is 2.48. The molecule has 1 aliphatic carbocycles. The lowest BCUT2D eigenvalue weighted by Gasteiger charge is -2.57. The van der Waals surface area contributed by atoms with Gasteiger partial charge in [0.2, 0.25) is 0 Å². The van der Waals surface area contributed by atoms with Gasteiger partial charge in [0, 0.05) is 18.6 Å². The van der Waals surface area contributed by atoms with Crippen molar-refractivity contribution in [1.82, 2.24) is 4.90 Å². The lowest BCUT2D eigenvalue weighted by Crippen LogP contribution is -2.64. The maximum absolute atomic E-state index is 6.07. The lowest BCUT2D eigenvalue weighted by molar-refractivity contribution is -0.0536. The molecule has 1 saturated heterocycles. The number of nitrogens with zero attached hydrogens (tertiary/aromatic N) is 1. The van der Waals surface area contributed by atoms with E-state index in [1.807, 2.05) is 0 Å². The van der Waals surface area contributed by atoms with Crippen LogP contribution < -0.4 is 5.73 Å². The normalized spacial score (nSPS) is 41.1. The van der Waals surface area contributed by atoms with Crippen LogP contribution in [0.5, 0.6) is 0 Å². The van der Waals surface area contributed by atoms with Crippen molar-refractivity contribution < 1.29 is 0 Å². The third-order valence-electron chi connectivity index (χ3n) is 4.93. The van der Waals surface area contributed by atoms with Gasteiger partial charge in [0.15, 0.2) is 0 Å². The van der Waals surface area contributed by atoms with Gasteiger partial charge in [-0.1, -0.05) is 20.8 Å². The number of piperidine rings is 1. The SMILES string of the molecule is CC1CCCN(C2(CN)CC(C(C)C)C2)C1. The Hall–Kier alpha value is -0.0800. The summed E-state index contributed by atoms with van der Waals surface area (Å²) in [6.45, 7) is 10.5. The Bertz CT molecular complexity index is 231. The largest absolute Gasteiger partial charge is 0.329 e. The highest BCUT2D eigenvalue weighted by molar-refractivity contribution is 5.04. The van der Waals surface area contributed by atoms with E-state index in [0.29, 0.717) is 5.54 Å². The quantitative estimate of drug-likeness (QED) is 0.798. The molecule has 0 aromatic carbocycles. The van der Waals surface area contributed by atoms with E-state index in [4.69, 9.17) is 5.73 Å². The van der Waals surface area contributed by atoms with Crippen molar-refractivity contribution in [3.63, 3.8) is 0 Å². The third-order valence-corrected chi connectivity index (χ3v) is 4.93. The van der Waals surface area contributed by atoms with Crippen molar-refractivity contribution in [2.45, 2.75) is 52.0 Å². The maximum Gasteiger partial charge on any atom is 0.0337 e. The average molecular weight is 224 g/mol. The molecule has 1 aliphatic heterocycles. The predicted molar refractivity (Wildman–Crippen MR) is 69.3 cm³/mol. The fourth-order valence-corrected chi connectivity index (χ4v) is 3.56. The van der Waals surface area contributed by atoms with E-state index < -0.39 is 0 Å². The molecule has 0 radical (unpaired) electrons. The zero-order valence-corrected chi connectivity index (χ0v) is 11.2. The Morgan fingerprint density at radius 3 is 2.56 bits per heavy atom. The first-order valence-corrected chi connectivity index (χ1v) is 7.02. The van der Waals surface area contributed by atoms with Crippen LogP contribution >= 0.6 is 0 Å². The molecule has 0 spiro atoms. The van der Waals surface area contributed by atoms with Crippen LogP contribution in [0, 0.1) is 17.8 Å². The summed E-state index contributed by atoms with van der Waals surface area (Å²) in [5.41, 5.74) is 6.44. The second-order valence-corrected chi connectivity index (χ2v) is 6.53. The molecule has 2 fully saturated rings. The van der Waals surface area contributed by atoms with Gasteiger partial charge >= 0.3 is 0 Å². The van der Waals surface area contributed by atoms with Gasteiger partial charge < -0.3 is 5.73 Å². The van der Waals surface area contributed by atoms with Gasteiger partial charge in [0.25, 0.3) is 0 Å². The first kappa shape index (κ1) is 12.4. The summed E-state index contributed by atoms with van der Waals surface area (Å²) < 4.78 is 0. The summed E-state index contributed by atoms with van der Waals surface area (Å²) in [5, 5.41) is 0. The molecule has 2 nitrogen and oxygen atoms in total. The van der Waals surface area contributed by atoms with Crippen LogP contribution in [0.25, 0.3) is 0 Å². The van der Waals surface area contributed by atoms with Gasteiger partial charge in [0.05, 0.1) is 0 Å². The summed E-state index contributed by atoms with van der Waals surface area (Å²) in [5.74, 6) is 2.62. The van der Waals surface area contributed by atoms with E-state index >= 15 is 0 Å². The number of likely N-dealkylation sites (tertiary alicyclic amines) is 1. The summed E-state index contributed by atoms with van der Waals surface area (Å²) in [6, 6.07) is 0. The fraction of sp³-hybridized carbons (Fsp3) is 1.00. The molecule has 2 heteroatoms. The van der Waals surface area contributed by atoms with E-state index in [1.165, 1.54) is 38.8 Å². The Kier molecular flexibility index (Phi) is 3.60. The van der Waals surface area contributed by atoms with E-state index in [1.54, 1.807) is 0 Å². The molecule has 0 amide bonds. The topological polar surface area (TPSA) is 29.3 Å². The summed E-state index contributed by atoms with van der Waals surface area (Å²) >= 11 is 0.